The van der Waals surface area contributed by atoms with E-state index in [2.05, 4.69) is 4.98 Å². The van der Waals surface area contributed by atoms with Gasteiger partial charge >= 0.3 is 5.97 Å². The van der Waals surface area contributed by atoms with Gasteiger partial charge in [-0.1, -0.05) is 6.08 Å². The normalized spacial score (nSPS) is 11.9. The molecule has 0 fully saturated rings. The molecular weight excluding hydrogens is 240 g/mol. The molecule has 0 aliphatic carbocycles. The van der Waals surface area contributed by atoms with Gasteiger partial charge in [-0.3, -0.25) is 9.36 Å². The second-order valence-electron chi connectivity index (χ2n) is 3.53. The highest BCUT2D eigenvalue weighted by molar-refractivity contribution is 7.17. The Kier molecular flexibility index (Phi) is 3.06. The van der Waals surface area contributed by atoms with Crippen molar-refractivity contribution in [2.75, 3.05) is 0 Å². The van der Waals surface area contributed by atoms with Crippen molar-refractivity contribution < 1.29 is 9.90 Å². The number of aliphatic carboxylic acids is 1. The lowest BCUT2D eigenvalue weighted by molar-refractivity contribution is -0.132. The lowest BCUT2D eigenvalue weighted by Gasteiger charge is -2.01. The van der Waals surface area contributed by atoms with Gasteiger partial charge in [-0.15, -0.1) is 11.3 Å². The minimum Gasteiger partial charge on any atom is -0.478 e. The van der Waals surface area contributed by atoms with Gasteiger partial charge in [0, 0.05) is 12.1 Å². The van der Waals surface area contributed by atoms with E-state index in [1.807, 2.05) is 5.38 Å². The van der Waals surface area contributed by atoms with E-state index < -0.39 is 5.97 Å². The zero-order valence-corrected chi connectivity index (χ0v) is 9.90. The van der Waals surface area contributed by atoms with Crippen LogP contribution >= 0.6 is 11.3 Å². The van der Waals surface area contributed by atoms with Crippen molar-refractivity contribution in [2.24, 2.45) is 0 Å². The lowest BCUT2D eigenvalue weighted by Crippen LogP contribution is -2.19. The first-order valence-electron chi connectivity index (χ1n) is 4.92. The van der Waals surface area contributed by atoms with E-state index in [1.165, 1.54) is 35.2 Å². The predicted molar refractivity (Wildman–Crippen MR) is 65.3 cm³/mol. The lowest BCUT2D eigenvalue weighted by atomic mass is 10.3. The second-order valence-corrected chi connectivity index (χ2v) is 4.45. The van der Waals surface area contributed by atoms with Crippen LogP contribution in [0.3, 0.4) is 0 Å². The van der Waals surface area contributed by atoms with Gasteiger partial charge in [0.1, 0.15) is 4.70 Å². The first kappa shape index (κ1) is 11.5. The number of thiophene rings is 1. The average molecular weight is 250 g/mol. The first-order chi connectivity index (χ1) is 8.09. The molecule has 1 N–H and O–H groups in total. The van der Waals surface area contributed by atoms with Crippen LogP contribution in [0.4, 0.5) is 0 Å². The summed E-state index contributed by atoms with van der Waals surface area (Å²) in [6.07, 6.45) is 2.92. The molecule has 5 nitrogen and oxygen atoms in total. The summed E-state index contributed by atoms with van der Waals surface area (Å²) < 4.78 is 1.99. The Hall–Kier alpha value is -1.95. The van der Waals surface area contributed by atoms with Crippen LogP contribution < -0.4 is 5.56 Å². The Morgan fingerprint density at radius 3 is 3.12 bits per heavy atom. The van der Waals surface area contributed by atoms with Crippen LogP contribution in [0.25, 0.3) is 10.2 Å². The maximum atomic E-state index is 11.9. The summed E-state index contributed by atoms with van der Waals surface area (Å²) in [5.74, 6) is -0.983. The maximum Gasteiger partial charge on any atom is 0.331 e. The van der Waals surface area contributed by atoms with Crippen LogP contribution in [0.15, 0.2) is 34.2 Å². The van der Waals surface area contributed by atoms with Crippen LogP contribution in [-0.2, 0) is 11.3 Å². The van der Waals surface area contributed by atoms with Crippen molar-refractivity contribution in [3.8, 4) is 0 Å². The molecule has 0 amide bonds. The summed E-state index contributed by atoms with van der Waals surface area (Å²) in [7, 11) is 0. The topological polar surface area (TPSA) is 72.2 Å². The van der Waals surface area contributed by atoms with Crippen LogP contribution in [0.1, 0.15) is 6.92 Å². The van der Waals surface area contributed by atoms with Crippen molar-refractivity contribution in [3.63, 3.8) is 0 Å². The highest BCUT2D eigenvalue weighted by Crippen LogP contribution is 2.13. The number of carboxylic acids is 1. The monoisotopic (exact) mass is 250 g/mol. The summed E-state index contributed by atoms with van der Waals surface area (Å²) in [4.78, 5) is 26.7. The number of nitrogens with zero attached hydrogens (tertiary/aromatic N) is 2. The molecule has 0 radical (unpaired) electrons. The molecule has 0 aliphatic rings. The van der Waals surface area contributed by atoms with E-state index in [0.717, 1.165) is 0 Å². The molecule has 0 atom stereocenters. The van der Waals surface area contributed by atoms with E-state index in [9.17, 15) is 9.59 Å². The Bertz CT molecular complexity index is 654. The van der Waals surface area contributed by atoms with Gasteiger partial charge in [-0.2, -0.15) is 0 Å². The molecule has 0 saturated heterocycles. The largest absolute Gasteiger partial charge is 0.478 e. The number of fused-ring (bicyclic) bond motifs is 1. The molecule has 2 aromatic rings. The van der Waals surface area contributed by atoms with Gasteiger partial charge in [0.15, 0.2) is 0 Å². The highest BCUT2D eigenvalue weighted by atomic mass is 32.1. The van der Waals surface area contributed by atoms with Crippen molar-refractivity contribution >= 4 is 27.5 Å². The molecule has 2 heterocycles. The van der Waals surface area contributed by atoms with Crippen LogP contribution in [0.5, 0.6) is 0 Å². The molecule has 2 rings (SSSR count). The van der Waals surface area contributed by atoms with Crippen molar-refractivity contribution in [3.05, 3.63) is 39.8 Å². The molecule has 0 aliphatic heterocycles. The Morgan fingerprint density at radius 1 is 1.65 bits per heavy atom. The smallest absolute Gasteiger partial charge is 0.331 e. The number of carbonyl (C=O) groups is 1. The molecule has 0 aromatic carbocycles. The van der Waals surface area contributed by atoms with Gasteiger partial charge in [-0.05, 0) is 18.4 Å². The highest BCUT2D eigenvalue weighted by Gasteiger charge is 2.05. The Morgan fingerprint density at radius 2 is 2.41 bits per heavy atom. The number of allylic oxidation sites excluding steroid dienone is 1. The van der Waals surface area contributed by atoms with Crippen molar-refractivity contribution in [1.82, 2.24) is 9.55 Å². The molecule has 2 aromatic heterocycles. The fourth-order valence-corrected chi connectivity index (χ4v) is 2.12. The molecule has 0 saturated carbocycles. The number of aromatic nitrogens is 2. The first-order valence-corrected chi connectivity index (χ1v) is 5.80. The van der Waals surface area contributed by atoms with E-state index in [0.29, 0.717) is 10.2 Å². The van der Waals surface area contributed by atoms with Crippen molar-refractivity contribution in [2.45, 2.75) is 13.5 Å². The van der Waals surface area contributed by atoms with Gasteiger partial charge in [0.2, 0.25) is 0 Å². The fourth-order valence-electron chi connectivity index (χ4n) is 1.33. The van der Waals surface area contributed by atoms with E-state index in [1.54, 1.807) is 6.07 Å². The molecule has 17 heavy (non-hydrogen) atoms. The maximum absolute atomic E-state index is 11.9. The van der Waals surface area contributed by atoms with Gasteiger partial charge < -0.3 is 5.11 Å². The molecule has 6 heteroatoms. The number of hydrogen-bond donors (Lipinski definition) is 1. The van der Waals surface area contributed by atoms with Gasteiger partial charge in [0.25, 0.3) is 5.56 Å². The number of hydrogen-bond acceptors (Lipinski definition) is 4. The number of rotatable bonds is 3. The predicted octanol–water partition coefficient (Wildman–Crippen LogP) is 1.49. The summed E-state index contributed by atoms with van der Waals surface area (Å²) >= 11 is 1.34. The van der Waals surface area contributed by atoms with E-state index >= 15 is 0 Å². The minimum absolute atomic E-state index is 0.139. The summed E-state index contributed by atoms with van der Waals surface area (Å²) in [6, 6.07) is 1.78. The van der Waals surface area contributed by atoms with Gasteiger partial charge in [0.05, 0.1) is 11.8 Å². The van der Waals surface area contributed by atoms with E-state index in [-0.39, 0.29) is 17.7 Å². The fraction of sp³-hybridized carbons (Fsp3) is 0.182. The van der Waals surface area contributed by atoms with Crippen LogP contribution in [0.2, 0.25) is 0 Å². The zero-order chi connectivity index (χ0) is 12.4. The standard InChI is InChI=1S/C11H10N2O3S/c1-7(11(15)16)2-4-13-6-12-8-3-5-17-9(8)10(13)14/h2-3,5-6H,4H2,1H3,(H,15,16). The average Bonchev–Trinajstić information content (AvgIpc) is 2.76. The zero-order valence-electron chi connectivity index (χ0n) is 9.08. The second kappa shape index (κ2) is 4.50. The van der Waals surface area contributed by atoms with E-state index in [4.69, 9.17) is 5.11 Å². The molecule has 0 unspecified atom stereocenters. The summed E-state index contributed by atoms with van der Waals surface area (Å²) in [5, 5.41) is 10.5. The Balaban J connectivity index is 2.37. The third kappa shape index (κ3) is 2.26. The Labute approximate surface area is 101 Å². The third-order valence-corrected chi connectivity index (χ3v) is 3.26. The molecule has 88 valence electrons. The molecular formula is C11H10N2O3S. The SMILES string of the molecule is CC(=CCn1cnc2ccsc2c1=O)C(=O)O. The summed E-state index contributed by atoms with van der Waals surface area (Å²) in [5.41, 5.74) is 0.748. The number of carboxylic acid groups (broad SMARTS) is 1. The molecule has 0 bridgehead atoms. The molecule has 0 spiro atoms. The van der Waals surface area contributed by atoms with Crippen LogP contribution in [0, 0.1) is 0 Å². The minimum atomic E-state index is -0.983. The van der Waals surface area contributed by atoms with Crippen molar-refractivity contribution in [1.29, 1.82) is 0 Å². The van der Waals surface area contributed by atoms with Crippen LogP contribution in [-0.4, -0.2) is 20.6 Å². The third-order valence-electron chi connectivity index (χ3n) is 2.37. The quantitative estimate of drug-likeness (QED) is 0.838. The summed E-state index contributed by atoms with van der Waals surface area (Å²) in [6.45, 7) is 1.71. The van der Waals surface area contributed by atoms with Gasteiger partial charge in [-0.25, -0.2) is 9.78 Å².